The van der Waals surface area contributed by atoms with Gasteiger partial charge in [0, 0.05) is 19.8 Å². The van der Waals surface area contributed by atoms with Gasteiger partial charge in [0.25, 0.3) is 5.91 Å². The number of benzene rings is 2. The summed E-state index contributed by atoms with van der Waals surface area (Å²) in [5.74, 6) is -1.75. The van der Waals surface area contributed by atoms with Gasteiger partial charge in [0.05, 0.1) is 11.3 Å². The highest BCUT2D eigenvalue weighted by molar-refractivity contribution is 5.96. The largest absolute Gasteiger partial charge is 0.452 e. The molecule has 2 rings (SSSR count). The zero-order valence-corrected chi connectivity index (χ0v) is 13.8. The lowest BCUT2D eigenvalue weighted by molar-refractivity contribution is -0.119. The Bertz CT molecular complexity index is 760. The van der Waals surface area contributed by atoms with Crippen LogP contribution in [0.3, 0.4) is 0 Å². The Morgan fingerprint density at radius 2 is 1.92 bits per heavy atom. The van der Waals surface area contributed by atoms with Gasteiger partial charge in [0.15, 0.2) is 6.61 Å². The third kappa shape index (κ3) is 4.55. The van der Waals surface area contributed by atoms with Crippen LogP contribution in [0.4, 0.5) is 15.8 Å². The van der Waals surface area contributed by atoms with E-state index >= 15 is 0 Å². The molecule has 0 aliphatic rings. The second kappa shape index (κ2) is 7.59. The van der Waals surface area contributed by atoms with Gasteiger partial charge in [-0.05, 0) is 42.8 Å². The number of nitrogens with zero attached hydrogens (tertiary/aromatic N) is 1. The summed E-state index contributed by atoms with van der Waals surface area (Å²) in [6.07, 6.45) is 0. The highest BCUT2D eigenvalue weighted by atomic mass is 19.1. The molecule has 1 amide bonds. The van der Waals surface area contributed by atoms with E-state index in [2.05, 4.69) is 5.32 Å². The summed E-state index contributed by atoms with van der Waals surface area (Å²) in [4.78, 5) is 25.6. The van der Waals surface area contributed by atoms with Crippen LogP contribution in [0, 0.1) is 12.7 Å². The molecule has 0 unspecified atom stereocenters. The highest BCUT2D eigenvalue weighted by Gasteiger charge is 2.12. The lowest BCUT2D eigenvalue weighted by Crippen LogP contribution is -2.21. The van der Waals surface area contributed by atoms with Crippen molar-refractivity contribution in [2.24, 2.45) is 0 Å². The fourth-order valence-corrected chi connectivity index (χ4v) is 2.03. The van der Waals surface area contributed by atoms with Crippen molar-refractivity contribution in [2.45, 2.75) is 6.92 Å². The molecule has 2 aromatic rings. The van der Waals surface area contributed by atoms with Gasteiger partial charge < -0.3 is 15.0 Å². The monoisotopic (exact) mass is 330 g/mol. The summed E-state index contributed by atoms with van der Waals surface area (Å²) in [5, 5.41) is 2.37. The molecule has 0 radical (unpaired) electrons. The minimum atomic E-state index is -0.613. The zero-order valence-electron chi connectivity index (χ0n) is 13.8. The molecular formula is C18H19FN2O3. The molecule has 126 valence electrons. The van der Waals surface area contributed by atoms with Gasteiger partial charge in [0.1, 0.15) is 5.82 Å². The van der Waals surface area contributed by atoms with Crippen LogP contribution in [0.5, 0.6) is 0 Å². The molecule has 0 atom stereocenters. The van der Waals surface area contributed by atoms with E-state index in [0.29, 0.717) is 5.56 Å². The van der Waals surface area contributed by atoms with Crippen molar-refractivity contribution in [3.63, 3.8) is 0 Å². The first kappa shape index (κ1) is 17.5. The number of esters is 1. The molecular weight excluding hydrogens is 311 g/mol. The van der Waals surface area contributed by atoms with E-state index in [1.807, 2.05) is 25.1 Å². The van der Waals surface area contributed by atoms with Crippen LogP contribution in [0.2, 0.25) is 0 Å². The number of anilines is 2. The summed E-state index contributed by atoms with van der Waals surface area (Å²) in [6.45, 7) is 1.26. The predicted octanol–water partition coefficient (Wildman–Crippen LogP) is 3.00. The van der Waals surface area contributed by atoms with Crippen LogP contribution in [-0.4, -0.2) is 32.6 Å². The molecule has 5 nitrogen and oxygen atoms in total. The van der Waals surface area contributed by atoms with Crippen molar-refractivity contribution in [1.82, 2.24) is 0 Å². The Labute approximate surface area is 140 Å². The van der Waals surface area contributed by atoms with Crippen LogP contribution in [0.15, 0.2) is 42.5 Å². The number of hydrogen-bond acceptors (Lipinski definition) is 4. The number of rotatable bonds is 5. The summed E-state index contributed by atoms with van der Waals surface area (Å²) in [7, 11) is 3.71. The van der Waals surface area contributed by atoms with Crippen LogP contribution < -0.4 is 10.2 Å². The van der Waals surface area contributed by atoms with Gasteiger partial charge in [-0.2, -0.15) is 0 Å². The molecule has 0 fully saturated rings. The van der Waals surface area contributed by atoms with Crippen molar-refractivity contribution < 1.29 is 18.7 Å². The fourth-order valence-electron chi connectivity index (χ4n) is 2.03. The molecule has 0 saturated carbocycles. The van der Waals surface area contributed by atoms with Gasteiger partial charge in [0.2, 0.25) is 0 Å². The van der Waals surface area contributed by atoms with Crippen molar-refractivity contribution in [3.8, 4) is 0 Å². The van der Waals surface area contributed by atoms with Gasteiger partial charge in [-0.1, -0.05) is 12.1 Å². The lowest BCUT2D eigenvalue weighted by atomic mass is 10.2. The van der Waals surface area contributed by atoms with Crippen LogP contribution in [0.25, 0.3) is 0 Å². The van der Waals surface area contributed by atoms with Gasteiger partial charge in [-0.15, -0.1) is 0 Å². The first-order chi connectivity index (χ1) is 11.4. The molecule has 0 aliphatic heterocycles. The maximum absolute atomic E-state index is 13.7. The van der Waals surface area contributed by atoms with Gasteiger partial charge in [-0.25, -0.2) is 9.18 Å². The summed E-state index contributed by atoms with van der Waals surface area (Å²) in [6, 6.07) is 11.3. The van der Waals surface area contributed by atoms with Crippen molar-refractivity contribution in [3.05, 3.63) is 59.4 Å². The summed E-state index contributed by atoms with van der Waals surface area (Å²) < 4.78 is 18.6. The molecule has 2 aromatic carbocycles. The van der Waals surface area contributed by atoms with E-state index in [0.717, 1.165) is 11.3 Å². The number of aryl methyl sites for hydroxylation is 1. The molecule has 0 saturated heterocycles. The fraction of sp³-hybridized carbons (Fsp3) is 0.222. The predicted molar refractivity (Wildman–Crippen MR) is 90.8 cm³/mol. The standard InChI is InChI=1S/C18H19FN2O3/c1-12-7-8-16(15(19)9-12)20-17(22)11-24-18(23)13-5-4-6-14(10-13)21(2)3/h4-10H,11H2,1-3H3,(H,20,22). The first-order valence-corrected chi connectivity index (χ1v) is 7.37. The number of hydrogen-bond donors (Lipinski definition) is 1. The normalized spacial score (nSPS) is 10.2. The Kier molecular flexibility index (Phi) is 5.52. The van der Waals surface area contributed by atoms with Crippen molar-refractivity contribution >= 4 is 23.3 Å². The molecule has 0 aromatic heterocycles. The molecule has 0 aliphatic carbocycles. The Balaban J connectivity index is 1.93. The molecule has 0 bridgehead atoms. The average Bonchev–Trinajstić information content (AvgIpc) is 2.55. The second-order valence-electron chi connectivity index (χ2n) is 5.55. The number of nitrogens with one attached hydrogen (secondary N) is 1. The van der Waals surface area contributed by atoms with Crippen LogP contribution >= 0.6 is 0 Å². The van der Waals surface area contributed by atoms with Crippen LogP contribution in [-0.2, 0) is 9.53 Å². The molecule has 24 heavy (non-hydrogen) atoms. The lowest BCUT2D eigenvalue weighted by Gasteiger charge is -2.13. The molecule has 0 heterocycles. The minimum Gasteiger partial charge on any atom is -0.452 e. The van der Waals surface area contributed by atoms with E-state index in [1.165, 1.54) is 12.1 Å². The number of ether oxygens (including phenoxy) is 1. The summed E-state index contributed by atoms with van der Waals surface area (Å²) >= 11 is 0. The van der Waals surface area contributed by atoms with Gasteiger partial charge in [-0.3, -0.25) is 4.79 Å². The van der Waals surface area contributed by atoms with Crippen molar-refractivity contribution in [2.75, 3.05) is 30.9 Å². The molecule has 0 spiro atoms. The van der Waals surface area contributed by atoms with Crippen molar-refractivity contribution in [1.29, 1.82) is 0 Å². The maximum Gasteiger partial charge on any atom is 0.338 e. The number of carbonyl (C=O) groups is 2. The first-order valence-electron chi connectivity index (χ1n) is 7.37. The van der Waals surface area contributed by atoms with E-state index < -0.39 is 24.3 Å². The quantitative estimate of drug-likeness (QED) is 0.856. The van der Waals surface area contributed by atoms with Crippen LogP contribution in [0.1, 0.15) is 15.9 Å². The van der Waals surface area contributed by atoms with E-state index in [-0.39, 0.29) is 5.69 Å². The minimum absolute atomic E-state index is 0.0521. The van der Waals surface area contributed by atoms with E-state index in [9.17, 15) is 14.0 Å². The number of halogens is 1. The number of amides is 1. The number of carbonyl (C=O) groups excluding carboxylic acids is 2. The third-order valence-corrected chi connectivity index (χ3v) is 3.33. The van der Waals surface area contributed by atoms with Gasteiger partial charge >= 0.3 is 5.97 Å². The zero-order chi connectivity index (χ0) is 17.7. The maximum atomic E-state index is 13.7. The van der Waals surface area contributed by atoms with E-state index in [1.54, 1.807) is 31.2 Å². The highest BCUT2D eigenvalue weighted by Crippen LogP contribution is 2.16. The SMILES string of the molecule is Cc1ccc(NC(=O)COC(=O)c2cccc(N(C)C)c2)c(F)c1. The third-order valence-electron chi connectivity index (χ3n) is 3.33. The second-order valence-corrected chi connectivity index (χ2v) is 5.55. The average molecular weight is 330 g/mol. The Morgan fingerprint density at radius 1 is 1.17 bits per heavy atom. The van der Waals surface area contributed by atoms with E-state index in [4.69, 9.17) is 4.74 Å². The smallest absolute Gasteiger partial charge is 0.338 e. The Morgan fingerprint density at radius 3 is 2.58 bits per heavy atom. The summed E-state index contributed by atoms with van der Waals surface area (Å²) in [5.41, 5.74) is 1.99. The topological polar surface area (TPSA) is 58.6 Å². The Hall–Kier alpha value is -2.89. The molecule has 1 N–H and O–H groups in total. The molecule has 6 heteroatoms.